The van der Waals surface area contributed by atoms with Gasteiger partial charge in [0.1, 0.15) is 17.3 Å². The number of alkyl halides is 1. The fourth-order valence-electron chi connectivity index (χ4n) is 5.67. The van der Waals surface area contributed by atoms with Crippen molar-refractivity contribution in [1.29, 1.82) is 0 Å². The summed E-state index contributed by atoms with van der Waals surface area (Å²) in [6, 6.07) is 6.26. The molecule has 4 rings (SSSR count). The van der Waals surface area contributed by atoms with Crippen LogP contribution in [0.25, 0.3) is 0 Å². The predicted octanol–water partition coefficient (Wildman–Crippen LogP) is 8.50. The van der Waals surface area contributed by atoms with Crippen molar-refractivity contribution in [3.05, 3.63) is 90.1 Å². The average molecular weight is 519 g/mol. The summed E-state index contributed by atoms with van der Waals surface area (Å²) in [5, 5.41) is 7.21. The summed E-state index contributed by atoms with van der Waals surface area (Å²) in [6.45, 7) is 25.1. The number of allylic oxidation sites excluding steroid dienone is 3. The zero-order chi connectivity index (χ0) is 28.3. The predicted molar refractivity (Wildman–Crippen MR) is 162 cm³/mol. The van der Waals surface area contributed by atoms with Gasteiger partial charge in [0.2, 0.25) is 0 Å². The number of amidine groups is 1. The van der Waals surface area contributed by atoms with Crippen molar-refractivity contribution in [2.24, 2.45) is 10.4 Å². The molecule has 2 N–H and O–H groups in total. The molecule has 0 amide bonds. The zero-order valence-electron chi connectivity index (χ0n) is 24.6. The second-order valence-corrected chi connectivity index (χ2v) is 11.5. The van der Waals surface area contributed by atoms with E-state index >= 15 is 4.39 Å². The van der Waals surface area contributed by atoms with E-state index < -0.39 is 11.2 Å². The quantitative estimate of drug-likeness (QED) is 0.305. The molecule has 1 aromatic carbocycles. The third-order valence-corrected chi connectivity index (χ3v) is 8.42. The topological polar surface area (TPSA) is 39.7 Å². The number of aryl methyl sites for hydroxylation is 2. The molecule has 1 saturated carbocycles. The number of aliphatic imine (C=N–C) groups is 1. The van der Waals surface area contributed by atoms with Crippen molar-refractivity contribution in [2.45, 2.75) is 91.8 Å². The number of hydrogen-bond acceptors (Lipinski definition) is 4. The molecule has 0 aromatic heterocycles. The lowest BCUT2D eigenvalue weighted by molar-refractivity contribution is 0.132. The Bertz CT molecular complexity index is 1180. The highest BCUT2D eigenvalue weighted by molar-refractivity contribution is 6.05. The van der Waals surface area contributed by atoms with Crippen molar-refractivity contribution >= 4 is 11.5 Å². The van der Waals surface area contributed by atoms with Gasteiger partial charge in [-0.25, -0.2) is 9.38 Å². The van der Waals surface area contributed by atoms with Crippen LogP contribution in [-0.4, -0.2) is 28.5 Å². The molecule has 5 heteroatoms. The van der Waals surface area contributed by atoms with Crippen molar-refractivity contribution in [2.75, 3.05) is 11.9 Å². The van der Waals surface area contributed by atoms with E-state index in [1.807, 2.05) is 31.0 Å². The van der Waals surface area contributed by atoms with Crippen LogP contribution in [0.4, 0.5) is 10.1 Å². The maximum atomic E-state index is 16.4. The number of benzene rings is 1. The Morgan fingerprint density at radius 1 is 1.11 bits per heavy atom. The summed E-state index contributed by atoms with van der Waals surface area (Å²) in [6.07, 6.45) is 11.7. The Balaban J connectivity index is 0.00000195. The Kier molecular flexibility index (Phi) is 8.80. The molecule has 2 heterocycles. The van der Waals surface area contributed by atoms with Crippen molar-refractivity contribution < 1.29 is 4.39 Å². The van der Waals surface area contributed by atoms with Crippen LogP contribution in [0.5, 0.6) is 0 Å². The van der Waals surface area contributed by atoms with E-state index in [1.165, 1.54) is 24.8 Å². The van der Waals surface area contributed by atoms with Crippen LogP contribution >= 0.6 is 0 Å². The molecule has 1 aliphatic carbocycles. The number of hydrogen-bond donors (Lipinski definition) is 2. The molecule has 2 aliphatic heterocycles. The monoisotopic (exact) mass is 518 g/mol. The smallest absolute Gasteiger partial charge is 0.145 e. The van der Waals surface area contributed by atoms with E-state index in [0.29, 0.717) is 11.8 Å². The minimum atomic E-state index is -1.58. The molecule has 206 valence electrons. The highest BCUT2D eigenvalue weighted by atomic mass is 19.1. The Hall–Kier alpha value is -3.08. The van der Waals surface area contributed by atoms with E-state index in [4.69, 9.17) is 4.99 Å². The summed E-state index contributed by atoms with van der Waals surface area (Å²) in [5.74, 6) is 1.53. The number of halogens is 1. The van der Waals surface area contributed by atoms with E-state index in [-0.39, 0.29) is 0 Å². The minimum absolute atomic E-state index is 0.513. The highest BCUT2D eigenvalue weighted by Crippen LogP contribution is 2.51. The number of nitrogens with one attached hydrogen (secondary N) is 2. The van der Waals surface area contributed by atoms with Crippen LogP contribution < -0.4 is 10.6 Å². The van der Waals surface area contributed by atoms with E-state index in [0.717, 1.165) is 52.7 Å². The number of rotatable bonds is 10. The van der Waals surface area contributed by atoms with Crippen LogP contribution in [0.1, 0.15) is 77.8 Å². The molecule has 0 radical (unpaired) electrons. The number of anilines is 1. The lowest BCUT2D eigenvalue weighted by Gasteiger charge is -2.47. The van der Waals surface area contributed by atoms with Gasteiger partial charge in [0.05, 0.1) is 5.54 Å². The SMILES string of the molecule is C=C.C=C1C=C(NCCC2(CC)CC2)N=C2C(C(CC)(Nc3ccc(C)cc3C)C(C)(C)F)=CC(C)=CN12. The molecule has 1 fully saturated rings. The summed E-state index contributed by atoms with van der Waals surface area (Å²) < 4.78 is 16.4. The molecular formula is C33H47FN4. The van der Waals surface area contributed by atoms with Gasteiger partial charge in [0.25, 0.3) is 0 Å². The van der Waals surface area contributed by atoms with Crippen molar-refractivity contribution in [1.82, 2.24) is 10.2 Å². The standard InChI is InChI=1S/C31H43FN4.C2H4/c1-9-30(13-14-30)15-16-33-27-19-24(6)36-20-22(4)18-25(28(36)34-27)31(10-2,29(7,8)32)35-26-12-11-21(3)17-23(26)5;1-2/h11-12,17-20,33,35H,6,9-10,13-16H2,1-5,7-8H3;1-2H2. The summed E-state index contributed by atoms with van der Waals surface area (Å²) >= 11 is 0. The third-order valence-electron chi connectivity index (χ3n) is 8.42. The van der Waals surface area contributed by atoms with Gasteiger partial charge >= 0.3 is 0 Å². The van der Waals surface area contributed by atoms with Gasteiger partial charge in [0, 0.05) is 35.8 Å². The molecule has 0 saturated heterocycles. The second kappa shape index (κ2) is 11.3. The molecule has 0 spiro atoms. The van der Waals surface area contributed by atoms with E-state index in [1.54, 1.807) is 13.8 Å². The zero-order valence-corrected chi connectivity index (χ0v) is 24.6. The fourth-order valence-corrected chi connectivity index (χ4v) is 5.67. The van der Waals surface area contributed by atoms with Gasteiger partial charge in [-0.1, -0.05) is 44.5 Å². The molecule has 4 nitrogen and oxygen atoms in total. The second-order valence-electron chi connectivity index (χ2n) is 11.5. The first-order valence-electron chi connectivity index (χ1n) is 13.9. The van der Waals surface area contributed by atoms with Crippen LogP contribution in [0.2, 0.25) is 0 Å². The lowest BCUT2D eigenvalue weighted by Crippen LogP contribution is -2.58. The molecule has 1 unspecified atom stereocenters. The molecule has 3 aliphatic rings. The fraction of sp³-hybridized carbons (Fsp3) is 0.485. The maximum absolute atomic E-state index is 16.4. The first kappa shape index (κ1) is 29.5. The van der Waals surface area contributed by atoms with Crippen LogP contribution in [0, 0.1) is 19.3 Å². The van der Waals surface area contributed by atoms with E-state index in [2.05, 4.69) is 75.4 Å². The Labute approximate surface area is 230 Å². The molecular weight excluding hydrogens is 471 g/mol. The lowest BCUT2D eigenvalue weighted by atomic mass is 9.72. The summed E-state index contributed by atoms with van der Waals surface area (Å²) in [4.78, 5) is 7.06. The van der Waals surface area contributed by atoms with Gasteiger partial charge in [0.15, 0.2) is 0 Å². The van der Waals surface area contributed by atoms with Gasteiger partial charge < -0.3 is 15.5 Å². The van der Waals surface area contributed by atoms with Crippen molar-refractivity contribution in [3.63, 3.8) is 0 Å². The molecule has 38 heavy (non-hydrogen) atoms. The van der Waals surface area contributed by atoms with Gasteiger partial charge in [-0.2, -0.15) is 0 Å². The normalized spacial score (nSPS) is 19.5. The maximum Gasteiger partial charge on any atom is 0.145 e. The van der Waals surface area contributed by atoms with Gasteiger partial charge in [-0.15, -0.1) is 13.2 Å². The molecule has 1 aromatic rings. The first-order valence-corrected chi connectivity index (χ1v) is 13.9. The average Bonchev–Trinajstić information content (AvgIpc) is 3.65. The van der Waals surface area contributed by atoms with Crippen LogP contribution in [0.3, 0.4) is 0 Å². The summed E-state index contributed by atoms with van der Waals surface area (Å²) in [7, 11) is 0. The number of nitrogens with zero attached hydrogens (tertiary/aromatic N) is 2. The largest absolute Gasteiger partial charge is 0.372 e. The summed E-state index contributed by atoms with van der Waals surface area (Å²) in [5.41, 5.74) is 3.88. The first-order chi connectivity index (χ1) is 17.9. The highest BCUT2D eigenvalue weighted by Gasteiger charge is 2.51. The Morgan fingerprint density at radius 3 is 2.34 bits per heavy atom. The van der Waals surface area contributed by atoms with Gasteiger partial charge in [-0.05, 0) is 89.0 Å². The van der Waals surface area contributed by atoms with E-state index in [9.17, 15) is 0 Å². The minimum Gasteiger partial charge on any atom is -0.372 e. The third kappa shape index (κ3) is 5.82. The van der Waals surface area contributed by atoms with Crippen molar-refractivity contribution in [3.8, 4) is 0 Å². The van der Waals surface area contributed by atoms with Crippen LogP contribution in [-0.2, 0) is 0 Å². The number of fused-ring (bicyclic) bond motifs is 1. The van der Waals surface area contributed by atoms with Gasteiger partial charge in [-0.3, -0.25) is 0 Å². The van der Waals surface area contributed by atoms with Crippen LogP contribution in [0.15, 0.2) is 83.9 Å². The molecule has 0 bridgehead atoms. The Morgan fingerprint density at radius 2 is 1.79 bits per heavy atom. The molecule has 1 atom stereocenters.